The maximum absolute atomic E-state index is 12.9. The number of hydrogen-bond donors (Lipinski definition) is 3. The standard InChI is InChI=1S/C17H16N8OS2/c1-9(2)25(11-5-3-10(4-6-11)14-21-23-24-22-14)16(26)20-13-8-7-12-15(19-13)28-17(27)18-12/h3-9H,1-2H3,(H,18,27)(H,19,20,26)(H,21,22,23,24). The second kappa shape index (κ2) is 7.44. The monoisotopic (exact) mass is 412 g/mol. The number of anilines is 2. The highest BCUT2D eigenvalue weighted by molar-refractivity contribution is 7.73. The molecule has 3 N–H and O–H groups in total. The summed E-state index contributed by atoms with van der Waals surface area (Å²) in [5.74, 6) is 0.968. The molecule has 4 rings (SSSR count). The zero-order valence-corrected chi connectivity index (χ0v) is 16.6. The van der Waals surface area contributed by atoms with E-state index in [9.17, 15) is 4.79 Å². The molecule has 1 aromatic carbocycles. The van der Waals surface area contributed by atoms with Crippen LogP contribution >= 0.6 is 23.6 Å². The molecule has 0 bridgehead atoms. The molecule has 3 aromatic heterocycles. The fourth-order valence-corrected chi connectivity index (χ4v) is 3.84. The Morgan fingerprint density at radius 1 is 1.21 bits per heavy atom. The summed E-state index contributed by atoms with van der Waals surface area (Å²) >= 11 is 6.50. The Kier molecular flexibility index (Phi) is 4.84. The van der Waals surface area contributed by atoms with Gasteiger partial charge in [-0.15, -0.1) is 10.2 Å². The highest BCUT2D eigenvalue weighted by Crippen LogP contribution is 2.24. The van der Waals surface area contributed by atoms with E-state index in [0.29, 0.717) is 15.6 Å². The number of pyridine rings is 1. The van der Waals surface area contributed by atoms with E-state index in [1.54, 1.807) is 11.0 Å². The van der Waals surface area contributed by atoms with Gasteiger partial charge >= 0.3 is 6.03 Å². The fourth-order valence-electron chi connectivity index (χ4n) is 2.78. The number of hydrogen-bond acceptors (Lipinski definition) is 7. The van der Waals surface area contributed by atoms with Crippen LogP contribution in [0.3, 0.4) is 0 Å². The summed E-state index contributed by atoms with van der Waals surface area (Å²) < 4.78 is 0.650. The Morgan fingerprint density at radius 2 is 2.00 bits per heavy atom. The Hall–Kier alpha value is -3.18. The summed E-state index contributed by atoms with van der Waals surface area (Å²) in [5.41, 5.74) is 2.41. The molecular formula is C17H16N8OS2. The first-order chi connectivity index (χ1) is 13.5. The number of tetrazole rings is 1. The molecule has 142 valence electrons. The summed E-state index contributed by atoms with van der Waals surface area (Å²) in [6.45, 7) is 3.89. The predicted molar refractivity (Wildman–Crippen MR) is 111 cm³/mol. The van der Waals surface area contributed by atoms with E-state index in [4.69, 9.17) is 12.2 Å². The van der Waals surface area contributed by atoms with E-state index >= 15 is 0 Å². The lowest BCUT2D eigenvalue weighted by atomic mass is 10.1. The largest absolute Gasteiger partial charge is 0.336 e. The quantitative estimate of drug-likeness (QED) is 0.437. The van der Waals surface area contributed by atoms with E-state index in [1.165, 1.54) is 11.3 Å². The molecule has 3 heterocycles. The SMILES string of the molecule is CC(C)N(C(=O)Nc1ccc2[nH]c(=S)sc2n1)c1ccc(-c2nn[nH]n2)cc1. The molecule has 11 heteroatoms. The zero-order valence-electron chi connectivity index (χ0n) is 15.0. The number of urea groups is 1. The molecular weight excluding hydrogens is 396 g/mol. The molecule has 0 spiro atoms. The summed E-state index contributed by atoms with van der Waals surface area (Å²) in [6, 6.07) is 10.7. The van der Waals surface area contributed by atoms with Gasteiger partial charge in [0.15, 0.2) is 3.95 Å². The highest BCUT2D eigenvalue weighted by Gasteiger charge is 2.20. The van der Waals surface area contributed by atoms with Crippen LogP contribution in [0.25, 0.3) is 21.7 Å². The molecule has 2 amide bonds. The first-order valence-electron chi connectivity index (χ1n) is 8.45. The molecule has 0 unspecified atom stereocenters. The lowest BCUT2D eigenvalue weighted by molar-refractivity contribution is 0.255. The molecule has 0 radical (unpaired) electrons. The van der Waals surface area contributed by atoms with E-state index in [1.807, 2.05) is 44.2 Å². The van der Waals surface area contributed by atoms with Crippen molar-refractivity contribution in [2.45, 2.75) is 19.9 Å². The van der Waals surface area contributed by atoms with Crippen molar-refractivity contribution in [2.75, 3.05) is 10.2 Å². The van der Waals surface area contributed by atoms with Crippen LogP contribution in [0, 0.1) is 3.95 Å². The first kappa shape index (κ1) is 18.2. The summed E-state index contributed by atoms with van der Waals surface area (Å²) in [7, 11) is 0. The zero-order chi connectivity index (χ0) is 19.7. The van der Waals surface area contributed by atoms with Crippen molar-refractivity contribution < 1.29 is 4.79 Å². The van der Waals surface area contributed by atoms with Crippen molar-refractivity contribution in [1.82, 2.24) is 30.6 Å². The average molecular weight is 413 g/mol. The molecule has 0 aliphatic heterocycles. The number of H-pyrrole nitrogens is 2. The van der Waals surface area contributed by atoms with Crippen molar-refractivity contribution >= 4 is 51.4 Å². The van der Waals surface area contributed by atoms with Gasteiger partial charge < -0.3 is 4.98 Å². The van der Waals surface area contributed by atoms with Crippen LogP contribution < -0.4 is 10.2 Å². The second-order valence-corrected chi connectivity index (χ2v) is 7.91. The highest BCUT2D eigenvalue weighted by atomic mass is 32.1. The Balaban J connectivity index is 1.57. The van der Waals surface area contributed by atoms with Crippen LogP contribution in [0.15, 0.2) is 36.4 Å². The van der Waals surface area contributed by atoms with Crippen LogP contribution in [-0.4, -0.2) is 42.7 Å². The summed E-state index contributed by atoms with van der Waals surface area (Å²) in [4.78, 5) is 22.8. The minimum absolute atomic E-state index is 0.0610. The smallest absolute Gasteiger partial charge is 0.327 e. The lowest BCUT2D eigenvalue weighted by Gasteiger charge is -2.27. The Bertz CT molecular complexity index is 1160. The molecule has 0 saturated heterocycles. The van der Waals surface area contributed by atoms with Gasteiger partial charge in [-0.3, -0.25) is 10.2 Å². The van der Waals surface area contributed by atoms with Gasteiger partial charge in [-0.05, 0) is 67.7 Å². The minimum atomic E-state index is -0.270. The number of nitrogens with one attached hydrogen (secondary N) is 3. The number of aromatic nitrogens is 6. The topological polar surface area (TPSA) is 115 Å². The summed E-state index contributed by atoms with van der Waals surface area (Å²) in [5, 5.41) is 16.8. The molecule has 28 heavy (non-hydrogen) atoms. The van der Waals surface area contributed by atoms with Gasteiger partial charge in [-0.2, -0.15) is 5.21 Å². The van der Waals surface area contributed by atoms with Gasteiger partial charge in [0.05, 0.1) is 5.52 Å². The van der Waals surface area contributed by atoms with Gasteiger partial charge in [-0.1, -0.05) is 11.3 Å². The molecule has 0 aliphatic carbocycles. The predicted octanol–water partition coefficient (Wildman–Crippen LogP) is 3.98. The third-order valence-corrected chi connectivity index (χ3v) is 5.15. The van der Waals surface area contributed by atoms with Crippen molar-refractivity contribution in [3.8, 4) is 11.4 Å². The maximum Gasteiger partial charge on any atom is 0.327 e. The average Bonchev–Trinajstić information content (AvgIpc) is 3.30. The molecule has 4 aromatic rings. The van der Waals surface area contributed by atoms with E-state index in [-0.39, 0.29) is 12.1 Å². The van der Waals surface area contributed by atoms with E-state index in [0.717, 1.165) is 21.6 Å². The van der Waals surface area contributed by atoms with Gasteiger partial charge in [-0.25, -0.2) is 9.78 Å². The minimum Gasteiger partial charge on any atom is -0.336 e. The van der Waals surface area contributed by atoms with E-state index < -0.39 is 0 Å². The molecule has 9 nitrogen and oxygen atoms in total. The molecule has 0 saturated carbocycles. The van der Waals surface area contributed by atoms with Crippen molar-refractivity contribution in [3.63, 3.8) is 0 Å². The first-order valence-corrected chi connectivity index (χ1v) is 9.68. The van der Waals surface area contributed by atoms with Gasteiger partial charge in [0, 0.05) is 17.3 Å². The number of aromatic amines is 2. The van der Waals surface area contributed by atoms with E-state index in [2.05, 4.69) is 35.9 Å². The lowest BCUT2D eigenvalue weighted by Crippen LogP contribution is -2.40. The molecule has 0 aliphatic rings. The van der Waals surface area contributed by atoms with Crippen molar-refractivity contribution in [3.05, 3.63) is 40.4 Å². The second-order valence-electron chi connectivity index (χ2n) is 6.24. The van der Waals surface area contributed by atoms with Gasteiger partial charge in [0.1, 0.15) is 10.6 Å². The number of carbonyl (C=O) groups excluding carboxylic acids is 1. The van der Waals surface area contributed by atoms with Crippen LogP contribution in [0.1, 0.15) is 13.8 Å². The summed E-state index contributed by atoms with van der Waals surface area (Å²) in [6.07, 6.45) is 0. The van der Waals surface area contributed by atoms with Crippen molar-refractivity contribution in [1.29, 1.82) is 0 Å². The number of carbonyl (C=O) groups is 1. The Labute approximate surface area is 168 Å². The number of amides is 2. The van der Waals surface area contributed by atoms with Gasteiger partial charge in [0.2, 0.25) is 5.82 Å². The third-order valence-electron chi connectivity index (χ3n) is 4.01. The number of benzene rings is 1. The fraction of sp³-hybridized carbons (Fsp3) is 0.176. The van der Waals surface area contributed by atoms with Crippen molar-refractivity contribution in [2.24, 2.45) is 0 Å². The number of nitrogens with zero attached hydrogens (tertiary/aromatic N) is 5. The molecule has 0 atom stereocenters. The molecule has 0 fully saturated rings. The number of fused-ring (bicyclic) bond motifs is 1. The normalized spacial score (nSPS) is 11.1. The van der Waals surface area contributed by atoms with Gasteiger partial charge in [0.25, 0.3) is 0 Å². The number of rotatable bonds is 4. The Morgan fingerprint density at radius 3 is 2.68 bits per heavy atom. The van der Waals surface area contributed by atoms with Crippen LogP contribution in [0.5, 0.6) is 0 Å². The van der Waals surface area contributed by atoms with Crippen LogP contribution in [-0.2, 0) is 0 Å². The van der Waals surface area contributed by atoms with Crippen LogP contribution in [0.4, 0.5) is 16.3 Å². The third kappa shape index (κ3) is 3.62. The maximum atomic E-state index is 12.9. The van der Waals surface area contributed by atoms with Crippen LogP contribution in [0.2, 0.25) is 0 Å². The number of thiazole rings is 1.